The fourth-order valence-corrected chi connectivity index (χ4v) is 2.20. The molecule has 20 heavy (non-hydrogen) atoms. The van der Waals surface area contributed by atoms with E-state index in [0.29, 0.717) is 0 Å². The minimum absolute atomic E-state index is 0.0768. The van der Waals surface area contributed by atoms with Crippen LogP contribution in [0, 0.1) is 0 Å². The van der Waals surface area contributed by atoms with E-state index >= 15 is 0 Å². The number of ether oxygens (including phenoxy) is 1. The van der Waals surface area contributed by atoms with Crippen LogP contribution in [0.15, 0.2) is 6.07 Å². The van der Waals surface area contributed by atoms with Gasteiger partial charge in [0.1, 0.15) is 5.75 Å². The van der Waals surface area contributed by atoms with E-state index < -0.39 is 38.7 Å². The second-order valence-corrected chi connectivity index (χ2v) is 4.99. The summed E-state index contributed by atoms with van der Waals surface area (Å²) in [7, 11) is 0.848. The van der Waals surface area contributed by atoms with Gasteiger partial charge in [-0.2, -0.15) is 26.3 Å². The number of carbonyl (C=O) groups excluding carboxylic acids is 1. The van der Waals surface area contributed by atoms with Crippen LogP contribution in [0.2, 0.25) is 0 Å². The number of halogens is 7. The van der Waals surface area contributed by atoms with Crippen molar-refractivity contribution in [2.75, 3.05) is 7.11 Å². The monoisotopic (exact) mass is 342 g/mol. The number of hydrogen-bond acceptors (Lipinski definition) is 4. The number of rotatable bonds is 4. The second-order valence-electron chi connectivity index (χ2n) is 3.46. The van der Waals surface area contributed by atoms with Crippen molar-refractivity contribution in [2.45, 2.75) is 17.2 Å². The van der Waals surface area contributed by atoms with Crippen molar-refractivity contribution in [2.24, 2.45) is 0 Å². The molecule has 0 bridgehead atoms. The first-order valence-electron chi connectivity index (χ1n) is 4.60. The van der Waals surface area contributed by atoms with Crippen molar-refractivity contribution in [3.8, 4) is 5.75 Å². The molecule has 0 unspecified atom stereocenters. The molecule has 0 fully saturated rings. The molecule has 0 atom stereocenters. The molecule has 0 aliphatic rings. The zero-order chi connectivity index (χ0) is 15.9. The lowest BCUT2D eigenvalue weighted by Crippen LogP contribution is -2.49. The predicted octanol–water partition coefficient (Wildman–Crippen LogP) is 3.80. The van der Waals surface area contributed by atoms with E-state index in [0.717, 1.165) is 7.11 Å². The molecule has 1 N–H and O–H groups in total. The van der Waals surface area contributed by atoms with Gasteiger partial charge in [0.05, 0.1) is 12.0 Å². The molecule has 0 aliphatic carbocycles. The molecule has 1 aromatic heterocycles. The Labute approximate surface area is 116 Å². The summed E-state index contributed by atoms with van der Waals surface area (Å²) in [6.45, 7) is 0. The molecule has 0 saturated carbocycles. The highest BCUT2D eigenvalue weighted by Crippen LogP contribution is 2.55. The average Bonchev–Trinajstić information content (AvgIpc) is 2.69. The molecule has 0 aromatic carbocycles. The number of alkyl halides is 7. The SMILES string of the molecule is COC(=O)c1sc(C(F)(F)C(F)(F)C(F)(F)Cl)cc1O. The highest BCUT2D eigenvalue weighted by atomic mass is 35.5. The van der Waals surface area contributed by atoms with Crippen LogP contribution in [0.1, 0.15) is 14.5 Å². The van der Waals surface area contributed by atoms with Crippen LogP contribution in [-0.4, -0.2) is 29.5 Å². The molecule has 0 amide bonds. The van der Waals surface area contributed by atoms with Crippen LogP contribution >= 0.6 is 22.9 Å². The number of thiophene rings is 1. The van der Waals surface area contributed by atoms with Crippen LogP contribution in [0.25, 0.3) is 0 Å². The van der Waals surface area contributed by atoms with Crippen LogP contribution in [0.4, 0.5) is 26.3 Å². The minimum atomic E-state index is -5.92. The Balaban J connectivity index is 3.34. The van der Waals surface area contributed by atoms with Crippen molar-refractivity contribution >= 4 is 28.9 Å². The van der Waals surface area contributed by atoms with E-state index in [9.17, 15) is 36.2 Å². The first kappa shape index (κ1) is 16.9. The molecule has 0 spiro atoms. The first-order valence-corrected chi connectivity index (χ1v) is 5.79. The maximum absolute atomic E-state index is 13.4. The fraction of sp³-hybridized carbons (Fsp3) is 0.444. The van der Waals surface area contributed by atoms with Gasteiger partial charge in [-0.3, -0.25) is 0 Å². The number of hydrogen-bond donors (Lipinski definition) is 1. The Bertz CT molecular complexity index is 524. The topological polar surface area (TPSA) is 46.5 Å². The quantitative estimate of drug-likeness (QED) is 0.514. The van der Waals surface area contributed by atoms with E-state index in [2.05, 4.69) is 16.3 Å². The van der Waals surface area contributed by atoms with Crippen molar-refractivity contribution < 1.29 is 41.0 Å². The van der Waals surface area contributed by atoms with E-state index in [1.54, 1.807) is 0 Å². The van der Waals surface area contributed by atoms with Gasteiger partial charge in [0.15, 0.2) is 4.88 Å². The molecule has 114 valence electrons. The third kappa shape index (κ3) is 2.53. The van der Waals surface area contributed by atoms with E-state index in [1.165, 1.54) is 0 Å². The lowest BCUT2D eigenvalue weighted by molar-refractivity contribution is -0.284. The van der Waals surface area contributed by atoms with Crippen molar-refractivity contribution in [1.29, 1.82) is 0 Å². The van der Waals surface area contributed by atoms with Gasteiger partial charge in [-0.25, -0.2) is 4.79 Å². The van der Waals surface area contributed by atoms with Crippen LogP contribution in [-0.2, 0) is 10.7 Å². The molecule has 1 rings (SSSR count). The lowest BCUT2D eigenvalue weighted by Gasteiger charge is -2.28. The Hall–Kier alpha value is -1.16. The molecular formula is C9H5ClF6O3S. The fourth-order valence-electron chi connectivity index (χ4n) is 1.11. The molecule has 3 nitrogen and oxygen atoms in total. The highest BCUT2D eigenvalue weighted by molar-refractivity contribution is 7.14. The van der Waals surface area contributed by atoms with Gasteiger partial charge in [0.2, 0.25) is 0 Å². The number of methoxy groups -OCH3 is 1. The maximum Gasteiger partial charge on any atom is 0.391 e. The minimum Gasteiger partial charge on any atom is -0.506 e. The summed E-state index contributed by atoms with van der Waals surface area (Å²) in [6.07, 6.45) is 0. The van der Waals surface area contributed by atoms with Crippen molar-refractivity contribution in [1.82, 2.24) is 0 Å². The van der Waals surface area contributed by atoms with Crippen molar-refractivity contribution in [3.05, 3.63) is 15.8 Å². The Morgan fingerprint density at radius 1 is 1.30 bits per heavy atom. The zero-order valence-electron chi connectivity index (χ0n) is 9.40. The number of esters is 1. The average molecular weight is 343 g/mol. The number of aromatic hydroxyl groups is 1. The summed E-state index contributed by atoms with van der Waals surface area (Å²) < 4.78 is 81.7. The van der Waals surface area contributed by atoms with Crippen LogP contribution in [0.3, 0.4) is 0 Å². The summed E-state index contributed by atoms with van der Waals surface area (Å²) in [6, 6.07) is 0.0768. The van der Waals surface area contributed by atoms with E-state index in [4.69, 9.17) is 0 Å². The summed E-state index contributed by atoms with van der Waals surface area (Å²) in [5, 5.41) is 3.65. The Kier molecular flexibility index (Phi) is 4.22. The van der Waals surface area contributed by atoms with E-state index in [1.807, 2.05) is 0 Å². The molecule has 1 heterocycles. The van der Waals surface area contributed by atoms with Gasteiger partial charge in [0, 0.05) is 6.07 Å². The standard InChI is InChI=1S/C9H5ClF6O3S/c1-19-6(18)5-3(17)2-4(20-5)7(11,12)8(13,14)9(10,15)16/h2,17H,1H3. The van der Waals surface area contributed by atoms with Gasteiger partial charge in [-0.05, 0) is 11.6 Å². The third-order valence-corrected chi connectivity index (χ3v) is 3.55. The Morgan fingerprint density at radius 2 is 1.80 bits per heavy atom. The van der Waals surface area contributed by atoms with Gasteiger partial charge >= 0.3 is 23.2 Å². The molecule has 0 radical (unpaired) electrons. The summed E-state index contributed by atoms with van der Waals surface area (Å²) >= 11 is 3.68. The predicted molar refractivity (Wildman–Crippen MR) is 57.0 cm³/mol. The molecule has 11 heteroatoms. The molecular weight excluding hydrogens is 338 g/mol. The van der Waals surface area contributed by atoms with Crippen LogP contribution in [0.5, 0.6) is 5.75 Å². The molecule has 0 saturated heterocycles. The molecule has 1 aromatic rings. The second kappa shape index (κ2) is 4.99. The van der Waals surface area contributed by atoms with E-state index in [-0.39, 0.29) is 17.4 Å². The van der Waals surface area contributed by atoms with Gasteiger partial charge < -0.3 is 9.84 Å². The number of carbonyl (C=O) groups is 1. The van der Waals surface area contributed by atoms with Gasteiger partial charge in [0.25, 0.3) is 0 Å². The highest BCUT2D eigenvalue weighted by Gasteiger charge is 2.72. The lowest BCUT2D eigenvalue weighted by atomic mass is 10.1. The third-order valence-electron chi connectivity index (χ3n) is 2.14. The van der Waals surface area contributed by atoms with Gasteiger partial charge in [-0.15, -0.1) is 11.3 Å². The van der Waals surface area contributed by atoms with Crippen LogP contribution < -0.4 is 0 Å². The smallest absolute Gasteiger partial charge is 0.391 e. The largest absolute Gasteiger partial charge is 0.506 e. The summed E-state index contributed by atoms with van der Waals surface area (Å²) in [5.41, 5.74) is 0. The van der Waals surface area contributed by atoms with Crippen molar-refractivity contribution in [3.63, 3.8) is 0 Å². The normalized spacial score (nSPS) is 13.4. The maximum atomic E-state index is 13.4. The molecule has 0 aliphatic heterocycles. The van der Waals surface area contributed by atoms with Gasteiger partial charge in [-0.1, -0.05) is 0 Å². The Morgan fingerprint density at radius 3 is 2.20 bits per heavy atom. The summed E-state index contributed by atoms with van der Waals surface area (Å²) in [4.78, 5) is 8.57. The first-order chi connectivity index (χ1) is 8.86. The summed E-state index contributed by atoms with van der Waals surface area (Å²) in [5.74, 6) is -13.7. The zero-order valence-corrected chi connectivity index (χ0v) is 11.0.